The fraction of sp³-hybridized carbons (Fsp3) is 0.190. The second kappa shape index (κ2) is 7.60. The Kier molecular flexibility index (Phi) is 4.98. The van der Waals surface area contributed by atoms with Crippen LogP contribution in [0.25, 0.3) is 5.69 Å². The summed E-state index contributed by atoms with van der Waals surface area (Å²) in [4.78, 5) is 28.6. The minimum atomic E-state index is -0.632. The molecular formula is C21H17ClN2O5. The lowest BCUT2D eigenvalue weighted by atomic mass is 10.1. The van der Waals surface area contributed by atoms with Gasteiger partial charge in [-0.2, -0.15) is 0 Å². The van der Waals surface area contributed by atoms with Gasteiger partial charge in [0.05, 0.1) is 5.56 Å². The van der Waals surface area contributed by atoms with Gasteiger partial charge in [0.2, 0.25) is 12.6 Å². The van der Waals surface area contributed by atoms with Crippen molar-refractivity contribution >= 4 is 23.4 Å². The minimum absolute atomic E-state index is 0.195. The van der Waals surface area contributed by atoms with E-state index in [9.17, 15) is 9.59 Å². The molecule has 0 spiro atoms. The third-order valence-electron chi connectivity index (χ3n) is 4.64. The SMILES string of the molecule is Cc1cc(C(=O)COC(=O)c2ccc(Cl)nc2)c(C)n1-c1ccc2c(c1)OCO2. The molecule has 0 radical (unpaired) electrons. The predicted octanol–water partition coefficient (Wildman–Crippen LogP) is 3.91. The number of hydrogen-bond acceptors (Lipinski definition) is 6. The van der Waals surface area contributed by atoms with Gasteiger partial charge >= 0.3 is 5.97 Å². The van der Waals surface area contributed by atoms with E-state index in [-0.39, 0.29) is 29.9 Å². The maximum absolute atomic E-state index is 12.7. The van der Waals surface area contributed by atoms with Crippen molar-refractivity contribution in [2.24, 2.45) is 0 Å². The van der Waals surface area contributed by atoms with Crippen molar-refractivity contribution in [2.75, 3.05) is 13.4 Å². The Labute approximate surface area is 171 Å². The van der Waals surface area contributed by atoms with E-state index in [1.165, 1.54) is 18.3 Å². The molecule has 0 bridgehead atoms. The fourth-order valence-electron chi connectivity index (χ4n) is 3.26. The molecule has 0 fully saturated rings. The van der Waals surface area contributed by atoms with Crippen molar-refractivity contribution in [1.82, 2.24) is 9.55 Å². The molecule has 0 N–H and O–H groups in total. The first-order valence-corrected chi connectivity index (χ1v) is 9.22. The van der Waals surface area contributed by atoms with Crippen LogP contribution in [0.3, 0.4) is 0 Å². The quantitative estimate of drug-likeness (QED) is 0.359. The van der Waals surface area contributed by atoms with Crippen LogP contribution >= 0.6 is 11.6 Å². The molecule has 1 aliphatic heterocycles. The Hall–Kier alpha value is -3.32. The number of fused-ring (bicyclic) bond motifs is 1. The molecule has 148 valence electrons. The van der Waals surface area contributed by atoms with Gasteiger partial charge < -0.3 is 18.8 Å². The Morgan fingerprint density at radius 3 is 2.69 bits per heavy atom. The zero-order chi connectivity index (χ0) is 20.5. The number of benzene rings is 1. The molecule has 0 unspecified atom stereocenters. The average molecular weight is 413 g/mol. The van der Waals surface area contributed by atoms with Crippen molar-refractivity contribution in [3.8, 4) is 17.2 Å². The lowest BCUT2D eigenvalue weighted by Crippen LogP contribution is -2.15. The highest BCUT2D eigenvalue weighted by Crippen LogP contribution is 2.34. The van der Waals surface area contributed by atoms with Gasteiger partial charge in [0, 0.05) is 34.9 Å². The van der Waals surface area contributed by atoms with Crippen LogP contribution in [0, 0.1) is 13.8 Å². The van der Waals surface area contributed by atoms with Gasteiger partial charge in [-0.1, -0.05) is 11.6 Å². The van der Waals surface area contributed by atoms with E-state index in [1.807, 2.05) is 36.6 Å². The number of esters is 1. The van der Waals surface area contributed by atoms with Crippen LogP contribution in [-0.2, 0) is 4.74 Å². The van der Waals surface area contributed by atoms with Crippen molar-refractivity contribution in [3.63, 3.8) is 0 Å². The molecule has 0 saturated carbocycles. The summed E-state index contributed by atoms with van der Waals surface area (Å²) in [6.45, 7) is 3.57. The van der Waals surface area contributed by atoms with E-state index in [1.54, 1.807) is 6.07 Å². The second-order valence-electron chi connectivity index (χ2n) is 6.53. The minimum Gasteiger partial charge on any atom is -0.454 e. The fourth-order valence-corrected chi connectivity index (χ4v) is 3.37. The molecule has 0 saturated heterocycles. The van der Waals surface area contributed by atoms with Gasteiger partial charge in [0.25, 0.3) is 0 Å². The molecule has 7 nitrogen and oxygen atoms in total. The van der Waals surface area contributed by atoms with E-state index in [2.05, 4.69) is 4.98 Å². The molecule has 1 aromatic carbocycles. The van der Waals surface area contributed by atoms with E-state index >= 15 is 0 Å². The summed E-state index contributed by atoms with van der Waals surface area (Å²) >= 11 is 5.71. The number of pyridine rings is 1. The van der Waals surface area contributed by atoms with E-state index < -0.39 is 5.97 Å². The maximum Gasteiger partial charge on any atom is 0.340 e. The molecule has 3 aromatic rings. The number of halogens is 1. The molecule has 2 aromatic heterocycles. The summed E-state index contributed by atoms with van der Waals surface area (Å²) in [6, 6.07) is 10.4. The molecule has 1 aliphatic rings. The first-order valence-electron chi connectivity index (χ1n) is 8.85. The zero-order valence-electron chi connectivity index (χ0n) is 15.8. The molecule has 4 rings (SSSR count). The van der Waals surface area contributed by atoms with E-state index in [0.717, 1.165) is 17.1 Å². The predicted molar refractivity (Wildman–Crippen MR) is 105 cm³/mol. The largest absolute Gasteiger partial charge is 0.454 e. The highest BCUT2D eigenvalue weighted by molar-refractivity contribution is 6.29. The van der Waals surface area contributed by atoms with Gasteiger partial charge in [-0.25, -0.2) is 9.78 Å². The number of nitrogens with zero attached hydrogens (tertiary/aromatic N) is 2. The summed E-state index contributed by atoms with van der Waals surface area (Å²) in [5.41, 5.74) is 3.19. The van der Waals surface area contributed by atoms with Gasteiger partial charge in [-0.05, 0) is 44.2 Å². The van der Waals surface area contributed by atoms with Crippen molar-refractivity contribution in [2.45, 2.75) is 13.8 Å². The standard InChI is InChI=1S/C21H17ClN2O5/c1-12-7-16(17(25)10-27-21(26)14-3-6-20(22)23-9-14)13(2)24(12)15-4-5-18-19(8-15)29-11-28-18/h3-9H,10-11H2,1-2H3. The average Bonchev–Trinajstić information content (AvgIpc) is 3.29. The summed E-state index contributed by atoms with van der Waals surface area (Å²) < 4.78 is 17.9. The monoisotopic (exact) mass is 412 g/mol. The van der Waals surface area contributed by atoms with E-state index in [0.29, 0.717) is 17.1 Å². The molecular weight excluding hydrogens is 396 g/mol. The molecule has 0 aliphatic carbocycles. The highest BCUT2D eigenvalue weighted by Gasteiger charge is 2.20. The number of rotatable bonds is 5. The number of aryl methyl sites for hydroxylation is 1. The van der Waals surface area contributed by atoms with E-state index in [4.69, 9.17) is 25.8 Å². The third kappa shape index (κ3) is 3.69. The van der Waals surface area contributed by atoms with Gasteiger partial charge in [-0.15, -0.1) is 0 Å². The number of ketones is 1. The Morgan fingerprint density at radius 2 is 1.93 bits per heavy atom. The normalized spacial score (nSPS) is 12.1. The van der Waals surface area contributed by atoms with Crippen LogP contribution in [0.15, 0.2) is 42.6 Å². The highest BCUT2D eigenvalue weighted by atomic mass is 35.5. The number of carbonyl (C=O) groups excluding carboxylic acids is 2. The lowest BCUT2D eigenvalue weighted by molar-refractivity contribution is 0.0474. The summed E-state index contributed by atoms with van der Waals surface area (Å²) in [7, 11) is 0. The number of aromatic nitrogens is 2. The first-order chi connectivity index (χ1) is 13.9. The van der Waals surface area contributed by atoms with Crippen molar-refractivity contribution < 1.29 is 23.8 Å². The number of Topliss-reactive ketones (excluding diaryl/α,β-unsaturated/α-hetero) is 1. The zero-order valence-corrected chi connectivity index (χ0v) is 16.5. The summed E-state index contributed by atoms with van der Waals surface area (Å²) in [6.07, 6.45) is 1.31. The van der Waals surface area contributed by atoms with Crippen LogP contribution in [0.4, 0.5) is 0 Å². The van der Waals surface area contributed by atoms with Gasteiger partial charge in [-0.3, -0.25) is 4.79 Å². The number of hydrogen-bond donors (Lipinski definition) is 0. The topological polar surface area (TPSA) is 79.7 Å². The third-order valence-corrected chi connectivity index (χ3v) is 4.87. The van der Waals surface area contributed by atoms with Crippen LogP contribution < -0.4 is 9.47 Å². The Balaban J connectivity index is 1.52. The molecule has 3 heterocycles. The molecule has 29 heavy (non-hydrogen) atoms. The smallest absolute Gasteiger partial charge is 0.340 e. The van der Waals surface area contributed by atoms with Gasteiger partial charge in [0.15, 0.2) is 18.1 Å². The molecule has 0 atom stereocenters. The number of carbonyl (C=O) groups is 2. The van der Waals surface area contributed by atoms with Crippen molar-refractivity contribution in [3.05, 3.63) is 70.3 Å². The van der Waals surface area contributed by atoms with Crippen LogP contribution in [0.2, 0.25) is 5.15 Å². The Bertz CT molecular complexity index is 1110. The van der Waals surface area contributed by atoms with Crippen LogP contribution in [0.1, 0.15) is 32.1 Å². The maximum atomic E-state index is 12.7. The summed E-state index contributed by atoms with van der Waals surface area (Å²) in [5, 5.41) is 0.272. The van der Waals surface area contributed by atoms with Crippen LogP contribution in [0.5, 0.6) is 11.5 Å². The first kappa shape index (κ1) is 19.0. The molecule has 0 amide bonds. The van der Waals surface area contributed by atoms with Crippen molar-refractivity contribution in [1.29, 1.82) is 0 Å². The second-order valence-corrected chi connectivity index (χ2v) is 6.91. The summed E-state index contributed by atoms with van der Waals surface area (Å²) in [5.74, 6) is 0.428. The molecule has 8 heteroatoms. The lowest BCUT2D eigenvalue weighted by Gasteiger charge is -2.11. The number of ether oxygens (including phenoxy) is 3. The van der Waals surface area contributed by atoms with Crippen LogP contribution in [-0.4, -0.2) is 34.7 Å². The van der Waals surface area contributed by atoms with Gasteiger partial charge in [0.1, 0.15) is 5.15 Å². The Morgan fingerprint density at radius 1 is 1.14 bits per heavy atom.